The average molecular weight is 247 g/mol. The molecule has 90 valence electrons. The van der Waals surface area contributed by atoms with Gasteiger partial charge in [0.1, 0.15) is 0 Å². The number of aromatic nitrogens is 1. The van der Waals surface area contributed by atoms with Gasteiger partial charge in [-0.2, -0.15) is 0 Å². The number of hydrogen-bond donors (Lipinski definition) is 2. The first-order valence-electron chi connectivity index (χ1n) is 5.68. The third-order valence-electron chi connectivity index (χ3n) is 2.68. The maximum atomic E-state index is 5.90. The molecule has 0 aliphatic rings. The van der Waals surface area contributed by atoms with Gasteiger partial charge in [-0.1, -0.05) is 19.9 Å². The van der Waals surface area contributed by atoms with Gasteiger partial charge in [0, 0.05) is 11.1 Å². The second-order valence-electron chi connectivity index (χ2n) is 4.34. The molecule has 3 nitrogen and oxygen atoms in total. The molecule has 0 fully saturated rings. The van der Waals surface area contributed by atoms with Crippen LogP contribution < -0.4 is 11.1 Å². The van der Waals surface area contributed by atoms with E-state index in [-0.39, 0.29) is 0 Å². The van der Waals surface area contributed by atoms with Crippen molar-refractivity contribution in [1.29, 1.82) is 0 Å². The van der Waals surface area contributed by atoms with E-state index in [4.69, 9.17) is 5.73 Å². The summed E-state index contributed by atoms with van der Waals surface area (Å²) in [5.41, 5.74) is 7.54. The molecule has 2 heterocycles. The Morgan fingerprint density at radius 2 is 2.18 bits per heavy atom. The van der Waals surface area contributed by atoms with Crippen LogP contribution in [0.5, 0.6) is 0 Å². The van der Waals surface area contributed by atoms with Gasteiger partial charge in [-0.05, 0) is 23.4 Å². The van der Waals surface area contributed by atoms with Crippen LogP contribution in [0.25, 0.3) is 0 Å². The summed E-state index contributed by atoms with van der Waals surface area (Å²) in [6.07, 6.45) is 3.43. The number of anilines is 2. The van der Waals surface area contributed by atoms with Gasteiger partial charge in [-0.25, -0.2) is 0 Å². The maximum absolute atomic E-state index is 5.90. The Labute approximate surface area is 106 Å². The van der Waals surface area contributed by atoms with E-state index < -0.39 is 0 Å². The summed E-state index contributed by atoms with van der Waals surface area (Å²) in [5, 5.41) is 5.59. The van der Waals surface area contributed by atoms with Crippen molar-refractivity contribution in [1.82, 2.24) is 4.98 Å². The van der Waals surface area contributed by atoms with Crippen molar-refractivity contribution in [3.63, 3.8) is 0 Å². The van der Waals surface area contributed by atoms with Crippen molar-refractivity contribution < 1.29 is 0 Å². The van der Waals surface area contributed by atoms with Gasteiger partial charge in [-0.3, -0.25) is 4.98 Å². The molecule has 17 heavy (non-hydrogen) atoms. The first kappa shape index (κ1) is 11.9. The minimum Gasteiger partial charge on any atom is -0.396 e. The van der Waals surface area contributed by atoms with Crippen molar-refractivity contribution >= 4 is 22.7 Å². The minimum atomic E-state index is 0.291. The van der Waals surface area contributed by atoms with Gasteiger partial charge >= 0.3 is 0 Å². The average Bonchev–Trinajstić information content (AvgIpc) is 2.81. The normalized spacial score (nSPS) is 12.6. The molecule has 3 N–H and O–H groups in total. The van der Waals surface area contributed by atoms with E-state index in [0.29, 0.717) is 17.6 Å². The third kappa shape index (κ3) is 2.77. The molecule has 0 radical (unpaired) electrons. The standard InChI is InChI=1S/C13H17N3S/c1-9(2)13(12-4-3-7-17-12)16-11-5-6-15-8-10(11)14/h3-9,13H,14H2,1-2H3,(H,15,16). The van der Waals surface area contributed by atoms with Crippen molar-refractivity contribution in [2.45, 2.75) is 19.9 Å². The Morgan fingerprint density at radius 3 is 2.76 bits per heavy atom. The van der Waals surface area contributed by atoms with Crippen LogP contribution in [0, 0.1) is 5.92 Å². The molecule has 2 rings (SSSR count). The first-order valence-corrected chi connectivity index (χ1v) is 6.56. The quantitative estimate of drug-likeness (QED) is 0.869. The topological polar surface area (TPSA) is 50.9 Å². The highest BCUT2D eigenvalue weighted by atomic mass is 32.1. The molecule has 0 spiro atoms. The Hall–Kier alpha value is -1.55. The lowest BCUT2D eigenvalue weighted by atomic mass is 10.0. The van der Waals surface area contributed by atoms with E-state index in [1.165, 1.54) is 4.88 Å². The minimum absolute atomic E-state index is 0.291. The molecule has 4 heteroatoms. The number of nitrogen functional groups attached to an aromatic ring is 1. The molecule has 0 saturated carbocycles. The van der Waals surface area contributed by atoms with Crippen LogP contribution >= 0.6 is 11.3 Å². The Kier molecular flexibility index (Phi) is 3.64. The van der Waals surface area contributed by atoms with Crippen molar-refractivity contribution in [3.05, 3.63) is 40.8 Å². The lowest BCUT2D eigenvalue weighted by Crippen LogP contribution is -2.16. The SMILES string of the molecule is CC(C)C(Nc1ccncc1N)c1cccs1. The summed E-state index contributed by atoms with van der Waals surface area (Å²) in [6, 6.07) is 6.44. The highest BCUT2D eigenvalue weighted by Gasteiger charge is 2.17. The largest absolute Gasteiger partial charge is 0.396 e. The van der Waals surface area contributed by atoms with Crippen LogP contribution in [-0.2, 0) is 0 Å². The molecule has 1 unspecified atom stereocenters. The fraction of sp³-hybridized carbons (Fsp3) is 0.308. The summed E-state index contributed by atoms with van der Waals surface area (Å²) < 4.78 is 0. The zero-order valence-corrected chi connectivity index (χ0v) is 10.9. The van der Waals surface area contributed by atoms with Crippen LogP contribution in [0.2, 0.25) is 0 Å². The van der Waals surface area contributed by atoms with Crippen LogP contribution in [-0.4, -0.2) is 4.98 Å². The van der Waals surface area contributed by atoms with Gasteiger partial charge in [0.25, 0.3) is 0 Å². The van der Waals surface area contributed by atoms with Crippen molar-refractivity contribution in [2.75, 3.05) is 11.1 Å². The molecule has 0 bridgehead atoms. The number of hydrogen-bond acceptors (Lipinski definition) is 4. The van der Waals surface area contributed by atoms with Gasteiger partial charge in [0.2, 0.25) is 0 Å². The lowest BCUT2D eigenvalue weighted by Gasteiger charge is -2.23. The molecular weight excluding hydrogens is 230 g/mol. The number of pyridine rings is 1. The van der Waals surface area contributed by atoms with Gasteiger partial charge in [0.15, 0.2) is 0 Å². The number of nitrogens with two attached hydrogens (primary N) is 1. The molecule has 0 saturated heterocycles. The van der Waals surface area contributed by atoms with E-state index >= 15 is 0 Å². The van der Waals surface area contributed by atoms with Crippen molar-refractivity contribution in [3.8, 4) is 0 Å². The molecule has 1 atom stereocenters. The van der Waals surface area contributed by atoms with Crippen LogP contribution in [0.15, 0.2) is 36.0 Å². The Balaban J connectivity index is 2.23. The summed E-state index contributed by atoms with van der Waals surface area (Å²) in [5.74, 6) is 0.501. The highest BCUT2D eigenvalue weighted by molar-refractivity contribution is 7.10. The summed E-state index contributed by atoms with van der Waals surface area (Å²) >= 11 is 1.77. The number of nitrogens with one attached hydrogen (secondary N) is 1. The molecule has 0 amide bonds. The Bertz CT molecular complexity index is 465. The summed E-state index contributed by atoms with van der Waals surface area (Å²) in [7, 11) is 0. The number of rotatable bonds is 4. The highest BCUT2D eigenvalue weighted by Crippen LogP contribution is 2.31. The second-order valence-corrected chi connectivity index (χ2v) is 5.32. The van der Waals surface area contributed by atoms with Gasteiger partial charge in [0.05, 0.1) is 23.6 Å². The lowest BCUT2D eigenvalue weighted by molar-refractivity contribution is 0.554. The zero-order valence-electron chi connectivity index (χ0n) is 10.1. The molecule has 2 aromatic heterocycles. The molecule has 0 aromatic carbocycles. The second kappa shape index (κ2) is 5.19. The fourth-order valence-corrected chi connectivity index (χ4v) is 2.69. The Morgan fingerprint density at radius 1 is 1.35 bits per heavy atom. The number of thiophene rings is 1. The summed E-state index contributed by atoms with van der Waals surface area (Å²) in [6.45, 7) is 4.41. The smallest absolute Gasteiger partial charge is 0.0736 e. The molecule has 0 aliphatic heterocycles. The van der Waals surface area contributed by atoms with Crippen LogP contribution in [0.1, 0.15) is 24.8 Å². The summed E-state index contributed by atoms with van der Waals surface area (Å²) in [4.78, 5) is 5.33. The van der Waals surface area contributed by atoms with E-state index in [1.807, 2.05) is 6.07 Å². The van der Waals surface area contributed by atoms with Crippen molar-refractivity contribution in [2.24, 2.45) is 5.92 Å². The zero-order chi connectivity index (χ0) is 12.3. The van der Waals surface area contributed by atoms with Gasteiger partial charge in [-0.15, -0.1) is 11.3 Å². The van der Waals surface area contributed by atoms with Crippen LogP contribution in [0.4, 0.5) is 11.4 Å². The van der Waals surface area contributed by atoms with Gasteiger partial charge < -0.3 is 11.1 Å². The molecule has 0 aliphatic carbocycles. The number of nitrogens with zero attached hydrogens (tertiary/aromatic N) is 1. The van der Waals surface area contributed by atoms with E-state index in [9.17, 15) is 0 Å². The molecule has 2 aromatic rings. The van der Waals surface area contributed by atoms with E-state index in [0.717, 1.165) is 5.69 Å². The van der Waals surface area contributed by atoms with E-state index in [2.05, 4.69) is 41.7 Å². The fourth-order valence-electron chi connectivity index (χ4n) is 1.74. The van der Waals surface area contributed by atoms with E-state index in [1.54, 1.807) is 23.7 Å². The predicted molar refractivity (Wildman–Crippen MR) is 74.2 cm³/mol. The maximum Gasteiger partial charge on any atom is 0.0736 e. The first-order chi connectivity index (χ1) is 8.18. The van der Waals surface area contributed by atoms with Crippen LogP contribution in [0.3, 0.4) is 0 Å². The third-order valence-corrected chi connectivity index (χ3v) is 3.63. The monoisotopic (exact) mass is 247 g/mol. The molecular formula is C13H17N3S. The predicted octanol–water partition coefficient (Wildman–Crippen LogP) is 3.53.